The molecule has 0 saturated carbocycles. The van der Waals surface area contributed by atoms with E-state index in [0.29, 0.717) is 6.54 Å². The van der Waals surface area contributed by atoms with Crippen LogP contribution in [0.1, 0.15) is 30.0 Å². The van der Waals surface area contributed by atoms with Crippen molar-refractivity contribution in [1.29, 1.82) is 0 Å². The minimum Gasteiger partial charge on any atom is -0.480 e. The monoisotopic (exact) mass is 269 g/mol. The molecule has 0 saturated heterocycles. The van der Waals surface area contributed by atoms with Gasteiger partial charge in [0.15, 0.2) is 0 Å². The Labute approximate surface area is 113 Å². The lowest BCUT2D eigenvalue weighted by atomic mass is 10.0. The van der Waals surface area contributed by atoms with Gasteiger partial charge in [-0.05, 0) is 55.6 Å². The first-order chi connectivity index (χ1) is 8.43. The maximum absolute atomic E-state index is 10.8. The summed E-state index contributed by atoms with van der Waals surface area (Å²) in [4.78, 5) is 12.8. The number of carboxylic acid groups (broad SMARTS) is 1. The summed E-state index contributed by atoms with van der Waals surface area (Å²) in [7, 11) is 0. The number of aliphatic carboxylic acids is 1. The molecule has 0 atom stereocenters. The van der Waals surface area contributed by atoms with Gasteiger partial charge in [0, 0.05) is 11.6 Å². The Balaban J connectivity index is 2.89. The Morgan fingerprint density at radius 3 is 2.33 bits per heavy atom. The highest BCUT2D eigenvalue weighted by molar-refractivity contribution is 6.30. The second-order valence-corrected chi connectivity index (χ2v) is 5.06. The van der Waals surface area contributed by atoms with E-state index in [1.54, 1.807) is 0 Å². The van der Waals surface area contributed by atoms with E-state index in [1.165, 1.54) is 5.56 Å². The number of benzene rings is 1. The van der Waals surface area contributed by atoms with Crippen LogP contribution in [0.15, 0.2) is 12.1 Å². The van der Waals surface area contributed by atoms with Crippen LogP contribution in [0.2, 0.25) is 5.02 Å². The molecule has 1 rings (SSSR count). The number of hydrogen-bond acceptors (Lipinski definition) is 2. The highest BCUT2D eigenvalue weighted by atomic mass is 35.5. The van der Waals surface area contributed by atoms with Gasteiger partial charge in [0.1, 0.15) is 0 Å². The van der Waals surface area contributed by atoms with E-state index in [-0.39, 0.29) is 6.54 Å². The lowest BCUT2D eigenvalue weighted by molar-refractivity contribution is -0.138. The van der Waals surface area contributed by atoms with E-state index in [1.807, 2.05) is 30.9 Å². The van der Waals surface area contributed by atoms with Crippen molar-refractivity contribution in [3.63, 3.8) is 0 Å². The van der Waals surface area contributed by atoms with Gasteiger partial charge in [0.2, 0.25) is 0 Å². The average molecular weight is 270 g/mol. The van der Waals surface area contributed by atoms with Crippen molar-refractivity contribution in [2.45, 2.75) is 33.7 Å². The van der Waals surface area contributed by atoms with Crippen molar-refractivity contribution < 1.29 is 9.90 Å². The molecule has 0 aliphatic carbocycles. The lowest BCUT2D eigenvalue weighted by Gasteiger charge is -2.22. The van der Waals surface area contributed by atoms with Crippen LogP contribution in [-0.4, -0.2) is 29.1 Å². The highest BCUT2D eigenvalue weighted by Gasteiger charge is 2.12. The lowest BCUT2D eigenvalue weighted by Crippen LogP contribution is -2.30. The largest absolute Gasteiger partial charge is 0.480 e. The Hall–Kier alpha value is -1.06. The maximum Gasteiger partial charge on any atom is 0.317 e. The summed E-state index contributed by atoms with van der Waals surface area (Å²) in [5.41, 5.74) is 3.41. The van der Waals surface area contributed by atoms with E-state index < -0.39 is 5.97 Å². The number of halogens is 1. The standard InChI is InChI=1S/C14H20ClNO2/c1-4-5-16(9-14(17)18)8-13-10(2)6-12(15)7-11(13)3/h6-7H,4-5,8-9H2,1-3H3,(H,17,18). The molecule has 1 aromatic carbocycles. The summed E-state index contributed by atoms with van der Waals surface area (Å²) in [5.74, 6) is -0.785. The van der Waals surface area contributed by atoms with Crippen LogP contribution in [-0.2, 0) is 11.3 Å². The van der Waals surface area contributed by atoms with Gasteiger partial charge in [-0.3, -0.25) is 9.69 Å². The smallest absolute Gasteiger partial charge is 0.317 e. The minimum atomic E-state index is -0.785. The van der Waals surface area contributed by atoms with Crippen molar-refractivity contribution in [2.75, 3.05) is 13.1 Å². The van der Waals surface area contributed by atoms with E-state index in [2.05, 4.69) is 6.92 Å². The molecule has 0 unspecified atom stereocenters. The number of carboxylic acids is 1. The first-order valence-electron chi connectivity index (χ1n) is 6.13. The summed E-state index contributed by atoms with van der Waals surface area (Å²) in [6, 6.07) is 3.85. The third kappa shape index (κ3) is 4.31. The van der Waals surface area contributed by atoms with Gasteiger partial charge in [0.25, 0.3) is 0 Å². The highest BCUT2D eigenvalue weighted by Crippen LogP contribution is 2.21. The number of hydrogen-bond donors (Lipinski definition) is 1. The molecule has 0 amide bonds. The molecule has 3 nitrogen and oxygen atoms in total. The van der Waals surface area contributed by atoms with E-state index in [9.17, 15) is 4.79 Å². The molecule has 4 heteroatoms. The molecule has 1 N–H and O–H groups in total. The molecule has 0 spiro atoms. The van der Waals surface area contributed by atoms with Crippen molar-refractivity contribution in [1.82, 2.24) is 4.90 Å². The summed E-state index contributed by atoms with van der Waals surface area (Å²) in [5, 5.41) is 9.64. The fourth-order valence-corrected chi connectivity index (χ4v) is 2.46. The summed E-state index contributed by atoms with van der Waals surface area (Å²) >= 11 is 6.00. The molecule has 100 valence electrons. The quantitative estimate of drug-likeness (QED) is 0.862. The Bertz CT molecular complexity index is 409. The zero-order chi connectivity index (χ0) is 13.7. The predicted octanol–water partition coefficient (Wildman–Crippen LogP) is 3.25. The number of aryl methyl sites for hydroxylation is 2. The molecule has 0 heterocycles. The number of rotatable bonds is 6. The van der Waals surface area contributed by atoms with Crippen LogP contribution in [0.5, 0.6) is 0 Å². The molecule has 18 heavy (non-hydrogen) atoms. The Morgan fingerprint density at radius 1 is 1.33 bits per heavy atom. The van der Waals surface area contributed by atoms with E-state index in [4.69, 9.17) is 16.7 Å². The molecule has 1 aromatic rings. The SMILES string of the molecule is CCCN(CC(=O)O)Cc1c(C)cc(Cl)cc1C. The topological polar surface area (TPSA) is 40.5 Å². The van der Waals surface area contributed by atoms with Gasteiger partial charge in [-0.2, -0.15) is 0 Å². The zero-order valence-corrected chi connectivity index (χ0v) is 11.9. The first-order valence-corrected chi connectivity index (χ1v) is 6.51. The van der Waals surface area contributed by atoms with Gasteiger partial charge >= 0.3 is 5.97 Å². The van der Waals surface area contributed by atoms with Crippen molar-refractivity contribution in [3.05, 3.63) is 33.8 Å². The normalized spacial score (nSPS) is 10.9. The summed E-state index contributed by atoms with van der Waals surface area (Å²) in [6.45, 7) is 7.60. The number of carbonyl (C=O) groups is 1. The molecule has 0 aliphatic rings. The number of nitrogens with zero attached hydrogens (tertiary/aromatic N) is 1. The Morgan fingerprint density at radius 2 is 1.89 bits per heavy atom. The molecular weight excluding hydrogens is 250 g/mol. The summed E-state index contributed by atoms with van der Waals surface area (Å²) < 4.78 is 0. The van der Waals surface area contributed by atoms with Gasteiger partial charge in [-0.1, -0.05) is 18.5 Å². The van der Waals surface area contributed by atoms with E-state index >= 15 is 0 Å². The van der Waals surface area contributed by atoms with Crippen molar-refractivity contribution in [2.24, 2.45) is 0 Å². The average Bonchev–Trinajstić information content (AvgIpc) is 2.22. The molecule has 0 aliphatic heterocycles. The molecule has 0 aromatic heterocycles. The van der Waals surface area contributed by atoms with Crippen LogP contribution >= 0.6 is 11.6 Å². The van der Waals surface area contributed by atoms with Crippen LogP contribution in [0.4, 0.5) is 0 Å². The molecule has 0 bridgehead atoms. The third-order valence-corrected chi connectivity index (χ3v) is 3.16. The minimum absolute atomic E-state index is 0.0787. The second kappa shape index (κ2) is 6.76. The second-order valence-electron chi connectivity index (χ2n) is 4.62. The van der Waals surface area contributed by atoms with Crippen LogP contribution in [0.25, 0.3) is 0 Å². The molecule has 0 fully saturated rings. The van der Waals surface area contributed by atoms with Gasteiger partial charge in [-0.25, -0.2) is 0 Å². The van der Waals surface area contributed by atoms with Gasteiger partial charge < -0.3 is 5.11 Å². The predicted molar refractivity (Wildman–Crippen MR) is 74.1 cm³/mol. The fraction of sp³-hybridized carbons (Fsp3) is 0.500. The van der Waals surface area contributed by atoms with Gasteiger partial charge in [-0.15, -0.1) is 0 Å². The summed E-state index contributed by atoms with van der Waals surface area (Å²) in [6.07, 6.45) is 0.943. The van der Waals surface area contributed by atoms with Crippen LogP contribution < -0.4 is 0 Å². The third-order valence-electron chi connectivity index (χ3n) is 2.94. The maximum atomic E-state index is 10.8. The Kier molecular flexibility index (Phi) is 5.63. The van der Waals surface area contributed by atoms with Crippen molar-refractivity contribution >= 4 is 17.6 Å². The zero-order valence-electron chi connectivity index (χ0n) is 11.2. The fourth-order valence-electron chi connectivity index (χ4n) is 2.14. The van der Waals surface area contributed by atoms with Crippen LogP contribution in [0, 0.1) is 13.8 Å². The molecular formula is C14H20ClNO2. The molecule has 0 radical (unpaired) electrons. The van der Waals surface area contributed by atoms with Gasteiger partial charge in [0.05, 0.1) is 6.54 Å². The van der Waals surface area contributed by atoms with E-state index in [0.717, 1.165) is 29.1 Å². The van der Waals surface area contributed by atoms with Crippen molar-refractivity contribution in [3.8, 4) is 0 Å². The first kappa shape index (κ1) is 15.0. The van der Waals surface area contributed by atoms with Crippen LogP contribution in [0.3, 0.4) is 0 Å².